The molecule has 6 saturated carbocycles. The minimum absolute atomic E-state index is 0. The average molecular weight is 708 g/mol. The summed E-state index contributed by atoms with van der Waals surface area (Å²) in [6.45, 7) is 17.4. The Morgan fingerprint density at radius 2 is 1.22 bits per heavy atom. The minimum Gasteiger partial charge on any atom is -0.478 e. The summed E-state index contributed by atoms with van der Waals surface area (Å²) in [4.78, 5) is 30.1. The number of esters is 1. The quantitative estimate of drug-likeness (QED) is 0.0937. The van der Waals surface area contributed by atoms with E-state index in [1.165, 1.54) is 83.1 Å². The Morgan fingerprint density at radius 3 is 1.46 bits per heavy atom. The monoisotopic (exact) mass is 706 g/mol. The number of carbonyl (C=O) groups excluding carboxylic acids is 2. The largest absolute Gasteiger partial charge is 0.478 e. The molecule has 6 bridgehead atoms. The highest BCUT2D eigenvalue weighted by Crippen LogP contribution is 2.58. The lowest BCUT2D eigenvalue weighted by molar-refractivity contribution is -0.160. The summed E-state index contributed by atoms with van der Waals surface area (Å²) in [5, 5.41) is 17.1. The van der Waals surface area contributed by atoms with E-state index in [0.717, 1.165) is 36.5 Å². The maximum atomic E-state index is 11.1. The minimum atomic E-state index is -0.935. The summed E-state index contributed by atoms with van der Waals surface area (Å²) >= 11 is 15.0. The molecule has 2 N–H and O–H groups in total. The van der Waals surface area contributed by atoms with E-state index < -0.39 is 11.2 Å². The molecule has 0 saturated heterocycles. The van der Waals surface area contributed by atoms with Gasteiger partial charge < -0.3 is 14.9 Å². The molecule has 6 rings (SSSR count). The molecule has 0 heterocycles. The van der Waals surface area contributed by atoms with Gasteiger partial charge in [-0.15, -0.1) is 29.8 Å². The van der Waals surface area contributed by atoms with Crippen LogP contribution in [-0.2, 0) is 19.1 Å². The van der Waals surface area contributed by atoms with E-state index in [0.29, 0.717) is 17.3 Å². The fourth-order valence-electron chi connectivity index (χ4n) is 9.17. The Balaban J connectivity index is 0.000000299. The van der Waals surface area contributed by atoms with Crippen molar-refractivity contribution in [2.24, 2.45) is 40.9 Å². The molecule has 6 aliphatic rings. The van der Waals surface area contributed by atoms with Gasteiger partial charge in [-0.2, -0.15) is 0 Å². The number of rotatable bonds is 6. The third-order valence-corrected chi connectivity index (χ3v) is 11.9. The first-order valence-electron chi connectivity index (χ1n) is 16.6. The van der Waals surface area contributed by atoms with Crippen LogP contribution in [0.25, 0.3) is 0 Å². The second-order valence-electron chi connectivity index (χ2n) is 15.4. The van der Waals surface area contributed by atoms with Gasteiger partial charge >= 0.3 is 11.9 Å². The lowest BCUT2D eigenvalue weighted by Gasteiger charge is -2.34. The van der Waals surface area contributed by atoms with Crippen LogP contribution in [0.4, 0.5) is 0 Å². The zero-order valence-electron chi connectivity index (χ0n) is 28.1. The summed E-state index contributed by atoms with van der Waals surface area (Å²) < 4.78 is 5.41. The van der Waals surface area contributed by atoms with Gasteiger partial charge in [-0.3, -0.25) is 9.59 Å². The van der Waals surface area contributed by atoms with Gasteiger partial charge in [0.2, 0.25) is 5.24 Å². The number of alkyl halides is 2. The normalized spacial score (nSPS) is 36.6. The van der Waals surface area contributed by atoms with Crippen LogP contribution in [0.1, 0.15) is 126 Å². The van der Waals surface area contributed by atoms with Crippen molar-refractivity contribution in [1.29, 1.82) is 0 Å². The summed E-state index contributed by atoms with van der Waals surface area (Å²) in [5.74, 6) is 3.66. The number of halogens is 3. The van der Waals surface area contributed by atoms with Crippen LogP contribution >= 0.6 is 34.8 Å². The molecule has 6 aliphatic carbocycles. The third-order valence-electron chi connectivity index (χ3n) is 11.1. The maximum absolute atomic E-state index is 11.1. The fourth-order valence-corrected chi connectivity index (χ4v) is 9.22. The van der Waals surface area contributed by atoms with Crippen molar-refractivity contribution in [2.45, 2.75) is 137 Å². The van der Waals surface area contributed by atoms with Crippen LogP contribution in [0.5, 0.6) is 0 Å². The zero-order valence-corrected chi connectivity index (χ0v) is 30.4. The first-order valence-corrected chi connectivity index (χ1v) is 18.1. The lowest BCUT2D eigenvalue weighted by Crippen LogP contribution is -2.37. The molecule has 9 heteroatoms. The first-order chi connectivity index (χ1) is 20.8. The van der Waals surface area contributed by atoms with Crippen LogP contribution in [0.2, 0.25) is 0 Å². The molecule has 46 heavy (non-hydrogen) atoms. The van der Waals surface area contributed by atoms with Crippen molar-refractivity contribution in [3.63, 3.8) is 0 Å². The molecule has 6 fully saturated rings. The smallest absolute Gasteiger partial charge is 0.330 e. The molecule has 0 aromatic heterocycles. The summed E-state index contributed by atoms with van der Waals surface area (Å²) in [6.07, 6.45) is 17.1. The Hall–Kier alpha value is -1.08. The van der Waals surface area contributed by atoms with Crippen molar-refractivity contribution in [3.05, 3.63) is 24.3 Å². The number of hydrogen-bond donors (Lipinski definition) is 2. The van der Waals surface area contributed by atoms with E-state index in [1.807, 2.05) is 6.92 Å². The fraction of sp³-hybridized carbons (Fsp3) is 0.811. The molecule has 6 nitrogen and oxygen atoms in total. The highest BCUT2D eigenvalue weighted by atomic mass is 35.5. The molecule has 9 unspecified atom stereocenters. The highest BCUT2D eigenvalue weighted by molar-refractivity contribution is 6.67. The summed E-state index contributed by atoms with van der Waals surface area (Å²) in [5.41, 5.74) is 1.70. The van der Waals surface area contributed by atoms with Crippen LogP contribution < -0.4 is 0 Å². The molecule has 266 valence electrons. The van der Waals surface area contributed by atoms with Gasteiger partial charge in [0.05, 0.1) is 11.5 Å². The van der Waals surface area contributed by atoms with Crippen molar-refractivity contribution in [3.8, 4) is 0 Å². The van der Waals surface area contributed by atoms with E-state index in [1.54, 1.807) is 0 Å². The van der Waals surface area contributed by atoms with Crippen molar-refractivity contribution in [1.82, 2.24) is 0 Å². The maximum Gasteiger partial charge on any atom is 0.330 e. The number of hydrogen-bond acceptors (Lipinski definition) is 5. The van der Waals surface area contributed by atoms with Gasteiger partial charge in [0.1, 0.15) is 11.5 Å². The summed E-state index contributed by atoms with van der Waals surface area (Å²) in [6, 6.07) is 0. The van der Waals surface area contributed by atoms with Gasteiger partial charge in [-0.05, 0) is 157 Å². The van der Waals surface area contributed by atoms with Crippen LogP contribution in [-0.4, -0.2) is 50.4 Å². The number of carbonyl (C=O) groups is 3. The number of carboxylic acids is 1. The van der Waals surface area contributed by atoms with E-state index in [4.69, 9.17) is 44.6 Å². The average Bonchev–Trinajstić information content (AvgIpc) is 3.78. The standard InChI is InChI=1S/C12H20.C10H15ClO2.C8H14O.C4H6O2.C2H2Cl2O.CH4/c1-9(2)7-12(3)8-10-4-5-11(12)6-10;1-10(13-9(12)6-11)5-7-2-3-8(10)4-7;1-8(9)5-6-2-3-7(8)4-6;1-3(2)4(5)6;3-1-2(4)5;/h10-11H,1,4-8H2,2-3H3;7-8H,2-6H2,1H3;6-7,9H,2-5H2,1H3;1H2,2H3,(H,5,6);1H2;1H4. The molecular weight excluding hydrogens is 647 g/mol. The molecule has 9 atom stereocenters. The van der Waals surface area contributed by atoms with Crippen molar-refractivity contribution in [2.75, 3.05) is 11.8 Å². The Morgan fingerprint density at radius 1 is 0.783 bits per heavy atom. The molecule has 0 spiro atoms. The molecule has 0 amide bonds. The van der Waals surface area contributed by atoms with Gasteiger partial charge in [-0.1, -0.05) is 32.9 Å². The van der Waals surface area contributed by atoms with Gasteiger partial charge in [0.25, 0.3) is 0 Å². The topological polar surface area (TPSA) is 101 Å². The van der Waals surface area contributed by atoms with E-state index in [-0.39, 0.29) is 41.9 Å². The molecule has 0 aromatic carbocycles. The van der Waals surface area contributed by atoms with Gasteiger partial charge in [0.15, 0.2) is 0 Å². The second kappa shape index (κ2) is 18.6. The Labute approximate surface area is 294 Å². The molecule has 0 radical (unpaired) electrons. The van der Waals surface area contributed by atoms with Crippen LogP contribution in [0.15, 0.2) is 24.3 Å². The number of carboxylic acid groups (broad SMARTS) is 1. The zero-order chi connectivity index (χ0) is 34.2. The van der Waals surface area contributed by atoms with Gasteiger partial charge in [0, 0.05) is 5.57 Å². The number of aliphatic hydroxyl groups is 1. The number of ether oxygens (including phenoxy) is 1. The summed E-state index contributed by atoms with van der Waals surface area (Å²) in [7, 11) is 0. The highest BCUT2D eigenvalue weighted by Gasteiger charge is 2.50. The molecule has 0 aliphatic heterocycles. The molecule has 0 aromatic rings. The Kier molecular flexibility index (Phi) is 17.4. The lowest BCUT2D eigenvalue weighted by atomic mass is 9.71. The van der Waals surface area contributed by atoms with E-state index in [9.17, 15) is 19.5 Å². The third kappa shape index (κ3) is 12.7. The van der Waals surface area contributed by atoms with Gasteiger partial charge in [-0.25, -0.2) is 4.79 Å². The van der Waals surface area contributed by atoms with Crippen molar-refractivity contribution >= 4 is 52.0 Å². The van der Waals surface area contributed by atoms with Crippen LogP contribution in [0.3, 0.4) is 0 Å². The van der Waals surface area contributed by atoms with Crippen molar-refractivity contribution < 1.29 is 29.3 Å². The van der Waals surface area contributed by atoms with E-state index >= 15 is 0 Å². The number of aliphatic carboxylic acids is 1. The number of fused-ring (bicyclic) bond motifs is 6. The second-order valence-corrected chi connectivity index (χ2v) is 16.3. The predicted octanol–water partition coefficient (Wildman–Crippen LogP) is 9.96. The Bertz CT molecular complexity index is 1050. The first kappa shape index (κ1) is 42.9. The molecular formula is C37H61Cl3O6. The van der Waals surface area contributed by atoms with Crippen LogP contribution in [0, 0.1) is 40.9 Å². The SMILES string of the molecule is C.C=C(C)C(=O)O.C=C(C)CC1(C)CC2CCC1C2.CC1(O)CC2CCC1C2.CC1(OC(=O)CCl)CC2CCC1C2.O=C(Cl)CCl. The predicted molar refractivity (Wildman–Crippen MR) is 190 cm³/mol. The van der Waals surface area contributed by atoms with E-state index in [2.05, 4.69) is 33.9 Å². The number of allylic oxidation sites excluding steroid dienone is 1.